The first-order valence-corrected chi connectivity index (χ1v) is 11.7. The highest BCUT2D eigenvalue weighted by molar-refractivity contribution is 6.31. The molecule has 34 heavy (non-hydrogen) atoms. The highest BCUT2D eigenvalue weighted by Gasteiger charge is 2.46. The number of aromatic amines is 1. The molecule has 0 spiro atoms. The van der Waals surface area contributed by atoms with Gasteiger partial charge in [-0.1, -0.05) is 72.3 Å². The Morgan fingerprint density at radius 3 is 2.32 bits per heavy atom. The number of H-pyrrole nitrogens is 1. The number of nitrogens with zero attached hydrogens (tertiary/aromatic N) is 2. The lowest BCUT2D eigenvalue weighted by molar-refractivity contribution is 0.0546. The monoisotopic (exact) mass is 471 g/mol. The quantitative estimate of drug-likeness (QED) is 0.354. The molecule has 1 amide bonds. The first-order valence-electron chi connectivity index (χ1n) is 11.3. The molecule has 6 heteroatoms. The van der Waals surface area contributed by atoms with Crippen LogP contribution < -0.4 is 4.74 Å². The van der Waals surface area contributed by atoms with Gasteiger partial charge in [-0.25, -0.2) is 0 Å². The molecule has 1 N–H and O–H groups in total. The van der Waals surface area contributed by atoms with Crippen LogP contribution in [0.15, 0.2) is 78.9 Å². The lowest BCUT2D eigenvalue weighted by Gasteiger charge is -2.37. The van der Waals surface area contributed by atoms with Crippen LogP contribution in [0.5, 0.6) is 5.75 Å². The summed E-state index contributed by atoms with van der Waals surface area (Å²) in [6, 6.07) is 25.3. The average Bonchev–Trinajstić information content (AvgIpc) is 3.38. The van der Waals surface area contributed by atoms with Crippen molar-refractivity contribution in [3.63, 3.8) is 0 Å². The van der Waals surface area contributed by atoms with Gasteiger partial charge in [0.2, 0.25) is 0 Å². The van der Waals surface area contributed by atoms with Crippen molar-refractivity contribution in [1.29, 1.82) is 0 Å². The fraction of sp³-hybridized carbons (Fsp3) is 0.214. The number of ether oxygens (including phenoxy) is 1. The van der Waals surface area contributed by atoms with Gasteiger partial charge >= 0.3 is 0 Å². The molecule has 3 aromatic carbocycles. The van der Waals surface area contributed by atoms with Crippen LogP contribution in [-0.2, 0) is 6.61 Å². The van der Waals surface area contributed by atoms with E-state index in [-0.39, 0.29) is 17.5 Å². The van der Waals surface area contributed by atoms with E-state index < -0.39 is 0 Å². The highest BCUT2D eigenvalue weighted by Crippen LogP contribution is 2.46. The van der Waals surface area contributed by atoms with E-state index in [2.05, 4.69) is 31.0 Å². The fourth-order valence-electron chi connectivity index (χ4n) is 4.49. The first kappa shape index (κ1) is 22.2. The van der Waals surface area contributed by atoms with Crippen molar-refractivity contribution < 1.29 is 9.53 Å². The molecule has 4 aromatic rings. The van der Waals surface area contributed by atoms with E-state index in [0.29, 0.717) is 17.3 Å². The number of hydrogen-bond donors (Lipinski definition) is 1. The Hall–Kier alpha value is -3.57. The smallest absolute Gasteiger partial charge is 0.273 e. The molecule has 0 radical (unpaired) electrons. The van der Waals surface area contributed by atoms with Gasteiger partial charge in [-0.15, -0.1) is 0 Å². The number of hydrogen-bond acceptors (Lipinski definition) is 3. The number of rotatable bonds is 5. The minimum Gasteiger partial charge on any atom is -0.489 e. The van der Waals surface area contributed by atoms with E-state index in [0.717, 1.165) is 33.7 Å². The second-order valence-corrected chi connectivity index (χ2v) is 9.83. The summed E-state index contributed by atoms with van der Waals surface area (Å²) in [5.74, 6) is 0.701. The summed E-state index contributed by atoms with van der Waals surface area (Å²) in [6.45, 7) is 6.56. The van der Waals surface area contributed by atoms with Gasteiger partial charge < -0.3 is 9.64 Å². The standard InChI is InChI=1S/C28H26ClN3O2/c1-28(2,3)32-26(23-24(18-9-5-4-6-10-18)30-31-25(23)27(32)33)19-13-15-21(16-14-19)34-17-20-11-7-8-12-22(20)29/h4-16,26H,17H2,1-3H3,(H,30,31). The summed E-state index contributed by atoms with van der Waals surface area (Å²) in [5, 5.41) is 8.23. The number of benzene rings is 3. The summed E-state index contributed by atoms with van der Waals surface area (Å²) >= 11 is 6.25. The zero-order valence-corrected chi connectivity index (χ0v) is 20.1. The molecular weight excluding hydrogens is 446 g/mol. The van der Waals surface area contributed by atoms with Gasteiger partial charge in [0, 0.05) is 27.3 Å². The summed E-state index contributed by atoms with van der Waals surface area (Å²) in [7, 11) is 0. The van der Waals surface area contributed by atoms with Crippen LogP contribution in [0.4, 0.5) is 0 Å². The molecule has 0 bridgehead atoms. The van der Waals surface area contributed by atoms with Crippen LogP contribution >= 0.6 is 11.6 Å². The van der Waals surface area contributed by atoms with E-state index in [4.69, 9.17) is 16.3 Å². The number of carbonyl (C=O) groups is 1. The summed E-state index contributed by atoms with van der Waals surface area (Å²) in [5.41, 5.74) is 4.81. The zero-order chi connectivity index (χ0) is 23.9. The number of halogens is 1. The highest BCUT2D eigenvalue weighted by atomic mass is 35.5. The van der Waals surface area contributed by atoms with Crippen LogP contribution in [0, 0.1) is 0 Å². The Bertz CT molecular complexity index is 1320. The van der Waals surface area contributed by atoms with Gasteiger partial charge in [-0.3, -0.25) is 9.89 Å². The topological polar surface area (TPSA) is 58.2 Å². The normalized spacial score (nSPS) is 15.5. The number of amides is 1. The van der Waals surface area contributed by atoms with E-state index >= 15 is 0 Å². The molecule has 172 valence electrons. The lowest BCUT2D eigenvalue weighted by atomic mass is 9.93. The van der Waals surface area contributed by atoms with Crippen molar-refractivity contribution in [2.45, 2.75) is 39.0 Å². The molecule has 5 rings (SSSR count). The first-order chi connectivity index (χ1) is 16.3. The van der Waals surface area contributed by atoms with Crippen molar-refractivity contribution in [2.75, 3.05) is 0 Å². The van der Waals surface area contributed by atoms with E-state index in [1.165, 1.54) is 0 Å². The third-order valence-corrected chi connectivity index (χ3v) is 6.45. The van der Waals surface area contributed by atoms with Crippen molar-refractivity contribution in [3.05, 3.63) is 106 Å². The van der Waals surface area contributed by atoms with Crippen LogP contribution in [0.25, 0.3) is 11.3 Å². The SMILES string of the molecule is CC(C)(C)N1C(=O)c2[nH]nc(-c3ccccc3)c2C1c1ccc(OCc2ccccc2Cl)cc1. The molecule has 1 aliphatic rings. The molecular formula is C28H26ClN3O2. The number of aromatic nitrogens is 2. The van der Waals surface area contributed by atoms with Crippen molar-refractivity contribution in [1.82, 2.24) is 15.1 Å². The van der Waals surface area contributed by atoms with Gasteiger partial charge in [-0.2, -0.15) is 5.10 Å². The predicted molar refractivity (Wildman–Crippen MR) is 134 cm³/mol. The second-order valence-electron chi connectivity index (χ2n) is 9.42. The van der Waals surface area contributed by atoms with Gasteiger partial charge in [0.25, 0.3) is 5.91 Å². The molecule has 0 saturated carbocycles. The third-order valence-electron chi connectivity index (χ3n) is 6.09. The van der Waals surface area contributed by atoms with E-state index in [1.807, 2.05) is 83.8 Å². The fourth-order valence-corrected chi connectivity index (χ4v) is 4.68. The van der Waals surface area contributed by atoms with Gasteiger partial charge in [0.15, 0.2) is 0 Å². The molecule has 1 atom stereocenters. The lowest BCUT2D eigenvalue weighted by Crippen LogP contribution is -2.44. The Labute approximate surface area is 204 Å². The maximum Gasteiger partial charge on any atom is 0.273 e. The van der Waals surface area contributed by atoms with Gasteiger partial charge in [0.05, 0.1) is 11.7 Å². The summed E-state index contributed by atoms with van der Waals surface area (Å²) < 4.78 is 5.97. The molecule has 1 aliphatic heterocycles. The van der Waals surface area contributed by atoms with E-state index in [1.54, 1.807) is 0 Å². The molecule has 5 nitrogen and oxygen atoms in total. The minimum atomic E-state index is -0.380. The van der Waals surface area contributed by atoms with Crippen molar-refractivity contribution >= 4 is 17.5 Å². The summed E-state index contributed by atoms with van der Waals surface area (Å²) in [6.07, 6.45) is 0. The Balaban J connectivity index is 1.50. The largest absolute Gasteiger partial charge is 0.489 e. The van der Waals surface area contributed by atoms with E-state index in [9.17, 15) is 4.79 Å². The van der Waals surface area contributed by atoms with Crippen LogP contribution in [0.1, 0.15) is 54.0 Å². The molecule has 0 fully saturated rings. The predicted octanol–water partition coefficient (Wildman–Crippen LogP) is 6.65. The number of nitrogens with one attached hydrogen (secondary N) is 1. The Kier molecular flexibility index (Phi) is 5.66. The molecule has 0 aliphatic carbocycles. The number of carbonyl (C=O) groups excluding carboxylic acids is 1. The maximum absolute atomic E-state index is 13.4. The second kappa shape index (κ2) is 8.65. The van der Waals surface area contributed by atoms with Gasteiger partial charge in [-0.05, 0) is 44.5 Å². The maximum atomic E-state index is 13.4. The van der Waals surface area contributed by atoms with Gasteiger partial charge in [0.1, 0.15) is 18.1 Å². The Morgan fingerprint density at radius 1 is 0.971 bits per heavy atom. The molecule has 1 unspecified atom stereocenters. The van der Waals surface area contributed by atoms with Crippen molar-refractivity contribution in [3.8, 4) is 17.0 Å². The molecule has 2 heterocycles. The average molecular weight is 472 g/mol. The minimum absolute atomic E-state index is 0.0405. The van der Waals surface area contributed by atoms with Crippen molar-refractivity contribution in [2.24, 2.45) is 0 Å². The third kappa shape index (κ3) is 3.97. The van der Waals surface area contributed by atoms with Crippen LogP contribution in [-0.4, -0.2) is 26.5 Å². The van der Waals surface area contributed by atoms with Crippen LogP contribution in [0.3, 0.4) is 0 Å². The summed E-state index contributed by atoms with van der Waals surface area (Å²) in [4.78, 5) is 15.4. The zero-order valence-electron chi connectivity index (χ0n) is 19.4. The molecule has 1 aromatic heterocycles. The number of fused-ring (bicyclic) bond motifs is 1. The molecule has 0 saturated heterocycles. The van der Waals surface area contributed by atoms with Crippen LogP contribution in [0.2, 0.25) is 5.02 Å². The Morgan fingerprint density at radius 2 is 1.65 bits per heavy atom.